The van der Waals surface area contributed by atoms with Crippen molar-refractivity contribution in [1.29, 1.82) is 0 Å². The summed E-state index contributed by atoms with van der Waals surface area (Å²) in [6.45, 7) is 12.5. The predicted octanol–water partition coefficient (Wildman–Crippen LogP) is 3.80. The number of aliphatic hydroxyl groups is 2. The van der Waals surface area contributed by atoms with Crippen LogP contribution in [-0.4, -0.2) is 29.0 Å². The first kappa shape index (κ1) is 19.9. The van der Waals surface area contributed by atoms with E-state index in [0.29, 0.717) is 13.2 Å². The Kier molecular flexibility index (Phi) is 7.97. The first-order valence-corrected chi connectivity index (χ1v) is 8.38. The number of rotatable bonds is 10. The number of benzene rings is 1. The van der Waals surface area contributed by atoms with Crippen LogP contribution >= 0.6 is 0 Å². The summed E-state index contributed by atoms with van der Waals surface area (Å²) in [5.74, 6) is -0.140. The molecule has 0 amide bonds. The van der Waals surface area contributed by atoms with Crippen molar-refractivity contribution in [3.8, 4) is 0 Å². The third-order valence-electron chi connectivity index (χ3n) is 4.54. The molecule has 1 aromatic rings. The minimum Gasteiger partial charge on any atom is -0.392 e. The van der Waals surface area contributed by atoms with E-state index in [0.717, 1.165) is 12.0 Å². The molecule has 0 heterocycles. The number of allylic oxidation sites excluding steroid dienone is 1. The van der Waals surface area contributed by atoms with Crippen LogP contribution in [-0.2, 0) is 11.3 Å². The molecule has 0 aliphatic rings. The summed E-state index contributed by atoms with van der Waals surface area (Å²) in [6.07, 6.45) is 1.35. The zero-order chi connectivity index (χ0) is 17.5. The molecule has 1 aromatic carbocycles. The second kappa shape index (κ2) is 9.21. The average molecular weight is 320 g/mol. The summed E-state index contributed by atoms with van der Waals surface area (Å²) in [6, 6.07) is 9.99. The molecule has 3 heteroatoms. The van der Waals surface area contributed by atoms with Gasteiger partial charge in [0.2, 0.25) is 0 Å². The summed E-state index contributed by atoms with van der Waals surface area (Å²) in [5, 5.41) is 21.1. The molecular weight excluding hydrogens is 288 g/mol. The van der Waals surface area contributed by atoms with Gasteiger partial charge in [-0.3, -0.25) is 0 Å². The van der Waals surface area contributed by atoms with Crippen LogP contribution in [0.2, 0.25) is 0 Å². The zero-order valence-electron chi connectivity index (χ0n) is 14.9. The fourth-order valence-electron chi connectivity index (χ4n) is 2.91. The normalized spacial score (nSPS) is 17.3. The molecule has 0 aliphatic heterocycles. The third-order valence-corrected chi connectivity index (χ3v) is 4.54. The standard InChI is InChI=1S/C20H32O3/c1-6-10-15(2)18(21)16(3)19(22)20(4,5)14-23-13-17-11-8-7-9-12-17/h6-9,11-12,15-16,18-19,21-22H,1,10,13-14H2,2-5H3/t15-,16+,18-,19+/m0/s1. The fourth-order valence-corrected chi connectivity index (χ4v) is 2.91. The molecule has 0 spiro atoms. The van der Waals surface area contributed by atoms with Gasteiger partial charge in [-0.2, -0.15) is 0 Å². The lowest BCUT2D eigenvalue weighted by molar-refractivity contribution is -0.0883. The number of hydrogen-bond acceptors (Lipinski definition) is 3. The van der Waals surface area contributed by atoms with Gasteiger partial charge in [0.05, 0.1) is 25.4 Å². The molecule has 0 bridgehead atoms. The van der Waals surface area contributed by atoms with Crippen LogP contribution in [0, 0.1) is 17.3 Å². The van der Waals surface area contributed by atoms with E-state index in [-0.39, 0.29) is 11.8 Å². The van der Waals surface area contributed by atoms with Crippen molar-refractivity contribution in [3.05, 3.63) is 48.6 Å². The van der Waals surface area contributed by atoms with Gasteiger partial charge in [-0.1, -0.05) is 64.1 Å². The summed E-state index contributed by atoms with van der Waals surface area (Å²) >= 11 is 0. The van der Waals surface area contributed by atoms with Crippen molar-refractivity contribution >= 4 is 0 Å². The molecule has 1 rings (SSSR count). The highest BCUT2D eigenvalue weighted by molar-refractivity contribution is 5.13. The first-order chi connectivity index (χ1) is 10.8. The maximum Gasteiger partial charge on any atom is 0.0717 e. The molecular formula is C20H32O3. The van der Waals surface area contributed by atoms with E-state index >= 15 is 0 Å². The maximum absolute atomic E-state index is 10.7. The Hall–Kier alpha value is -1.16. The lowest BCUT2D eigenvalue weighted by Gasteiger charge is -2.37. The number of hydrogen-bond donors (Lipinski definition) is 2. The molecule has 4 atom stereocenters. The average Bonchev–Trinajstić information content (AvgIpc) is 2.53. The minimum atomic E-state index is -0.638. The van der Waals surface area contributed by atoms with Crippen LogP contribution in [0.3, 0.4) is 0 Å². The SMILES string of the molecule is C=CC[C@H](C)[C@H](O)[C@@H](C)[C@@H](O)C(C)(C)COCc1ccccc1. The van der Waals surface area contributed by atoms with Crippen molar-refractivity contribution in [2.24, 2.45) is 17.3 Å². The van der Waals surface area contributed by atoms with Gasteiger partial charge < -0.3 is 14.9 Å². The molecule has 0 saturated carbocycles. The van der Waals surface area contributed by atoms with Crippen LogP contribution in [0.15, 0.2) is 43.0 Å². The summed E-state index contributed by atoms with van der Waals surface area (Å²) in [7, 11) is 0. The molecule has 3 nitrogen and oxygen atoms in total. The highest BCUT2D eigenvalue weighted by atomic mass is 16.5. The predicted molar refractivity (Wildman–Crippen MR) is 95.0 cm³/mol. The molecule has 0 aromatic heterocycles. The topological polar surface area (TPSA) is 49.7 Å². The lowest BCUT2D eigenvalue weighted by atomic mass is 9.76. The van der Waals surface area contributed by atoms with Crippen molar-refractivity contribution in [2.45, 2.75) is 52.9 Å². The molecule has 0 fully saturated rings. The van der Waals surface area contributed by atoms with Crippen LogP contribution < -0.4 is 0 Å². The molecule has 23 heavy (non-hydrogen) atoms. The number of aliphatic hydroxyl groups excluding tert-OH is 2. The Morgan fingerprint density at radius 1 is 1.17 bits per heavy atom. The Morgan fingerprint density at radius 2 is 1.78 bits per heavy atom. The van der Waals surface area contributed by atoms with Crippen molar-refractivity contribution in [2.75, 3.05) is 6.61 Å². The Bertz CT molecular complexity index is 455. The monoisotopic (exact) mass is 320 g/mol. The molecule has 130 valence electrons. The van der Waals surface area contributed by atoms with Gasteiger partial charge in [0.1, 0.15) is 0 Å². The lowest BCUT2D eigenvalue weighted by Crippen LogP contribution is -2.44. The van der Waals surface area contributed by atoms with E-state index < -0.39 is 17.6 Å². The van der Waals surface area contributed by atoms with E-state index in [1.165, 1.54) is 0 Å². The van der Waals surface area contributed by atoms with Crippen molar-refractivity contribution < 1.29 is 14.9 Å². The maximum atomic E-state index is 10.7. The van der Waals surface area contributed by atoms with E-state index in [9.17, 15) is 10.2 Å². The molecule has 0 saturated heterocycles. The van der Waals surface area contributed by atoms with Crippen LogP contribution in [0.1, 0.15) is 39.7 Å². The molecule has 2 N–H and O–H groups in total. The summed E-state index contributed by atoms with van der Waals surface area (Å²) in [4.78, 5) is 0. The van der Waals surface area contributed by atoms with Gasteiger partial charge in [0.25, 0.3) is 0 Å². The minimum absolute atomic E-state index is 0.0817. The summed E-state index contributed by atoms with van der Waals surface area (Å²) < 4.78 is 5.79. The molecule has 0 aliphatic carbocycles. The van der Waals surface area contributed by atoms with E-state index in [4.69, 9.17) is 4.74 Å². The third kappa shape index (κ3) is 6.09. The Balaban J connectivity index is 2.54. The Labute approximate surface area is 141 Å². The zero-order valence-corrected chi connectivity index (χ0v) is 14.9. The van der Waals surface area contributed by atoms with Crippen LogP contribution in [0.25, 0.3) is 0 Å². The first-order valence-electron chi connectivity index (χ1n) is 8.38. The van der Waals surface area contributed by atoms with Gasteiger partial charge in [-0.05, 0) is 17.9 Å². The summed E-state index contributed by atoms with van der Waals surface area (Å²) in [5.41, 5.74) is 0.689. The van der Waals surface area contributed by atoms with Crippen molar-refractivity contribution in [1.82, 2.24) is 0 Å². The smallest absolute Gasteiger partial charge is 0.0717 e. The van der Waals surface area contributed by atoms with Gasteiger partial charge in [-0.15, -0.1) is 6.58 Å². The highest BCUT2D eigenvalue weighted by Crippen LogP contribution is 2.31. The second-order valence-electron chi connectivity index (χ2n) is 7.26. The highest BCUT2D eigenvalue weighted by Gasteiger charge is 2.36. The second-order valence-corrected chi connectivity index (χ2v) is 7.26. The van der Waals surface area contributed by atoms with Gasteiger partial charge in [0.15, 0.2) is 0 Å². The van der Waals surface area contributed by atoms with Gasteiger partial charge in [-0.25, -0.2) is 0 Å². The van der Waals surface area contributed by atoms with Crippen LogP contribution in [0.4, 0.5) is 0 Å². The van der Waals surface area contributed by atoms with E-state index in [1.54, 1.807) is 6.08 Å². The fraction of sp³-hybridized carbons (Fsp3) is 0.600. The quantitative estimate of drug-likeness (QED) is 0.645. The van der Waals surface area contributed by atoms with E-state index in [1.807, 2.05) is 58.0 Å². The van der Waals surface area contributed by atoms with E-state index in [2.05, 4.69) is 6.58 Å². The molecule has 0 unspecified atom stereocenters. The Morgan fingerprint density at radius 3 is 2.35 bits per heavy atom. The van der Waals surface area contributed by atoms with Crippen LogP contribution in [0.5, 0.6) is 0 Å². The van der Waals surface area contributed by atoms with Crippen molar-refractivity contribution in [3.63, 3.8) is 0 Å². The largest absolute Gasteiger partial charge is 0.392 e. The number of ether oxygens (including phenoxy) is 1. The molecule has 0 radical (unpaired) electrons. The van der Waals surface area contributed by atoms with Gasteiger partial charge in [0, 0.05) is 11.3 Å². The van der Waals surface area contributed by atoms with Gasteiger partial charge >= 0.3 is 0 Å².